The minimum absolute atomic E-state index is 0.00991. The van der Waals surface area contributed by atoms with Crippen LogP contribution in [0.2, 0.25) is 0 Å². The largest absolute Gasteiger partial charge is 0.468 e. The molecule has 2 aliphatic heterocycles. The lowest BCUT2D eigenvalue weighted by molar-refractivity contribution is -0.128. The third-order valence-electron chi connectivity index (χ3n) is 6.94. The van der Waals surface area contributed by atoms with Crippen LogP contribution in [-0.2, 0) is 14.3 Å². The van der Waals surface area contributed by atoms with Gasteiger partial charge in [-0.25, -0.2) is 0 Å². The third kappa shape index (κ3) is 4.51. The summed E-state index contributed by atoms with van der Waals surface area (Å²) in [5.74, 6) is 0.533. The maximum absolute atomic E-state index is 13.0. The summed E-state index contributed by atoms with van der Waals surface area (Å²) >= 11 is 6.88. The van der Waals surface area contributed by atoms with Crippen molar-refractivity contribution in [2.75, 3.05) is 18.1 Å². The number of anilines is 2. The fourth-order valence-electron chi connectivity index (χ4n) is 5.41. The van der Waals surface area contributed by atoms with Crippen molar-refractivity contribution in [1.29, 1.82) is 0 Å². The lowest BCUT2D eigenvalue weighted by Crippen LogP contribution is -2.29. The molecule has 2 atom stereocenters. The number of thioether (sulfide) groups is 1. The number of thiocarbonyl (C=S) groups is 1. The Balaban J connectivity index is 1.32. The number of rotatable bonds is 9. The number of carbonyl (C=O) groups is 2. The molecule has 2 fully saturated rings. The first-order chi connectivity index (χ1) is 16.7. The second-order valence-electron chi connectivity index (χ2n) is 8.99. The van der Waals surface area contributed by atoms with Gasteiger partial charge >= 0.3 is 0 Å². The Labute approximate surface area is 210 Å². The fourth-order valence-corrected chi connectivity index (χ4v) is 6.72. The number of benzene rings is 2. The molecule has 1 saturated heterocycles. The Hall–Kier alpha value is -2.64. The molecule has 0 bridgehead atoms. The van der Waals surface area contributed by atoms with Crippen LogP contribution in [0.5, 0.6) is 0 Å². The number of hydrogen-bond donors (Lipinski definition) is 0. The van der Waals surface area contributed by atoms with Gasteiger partial charge in [0.05, 0.1) is 11.5 Å². The van der Waals surface area contributed by atoms with E-state index in [2.05, 4.69) is 53.4 Å². The number of carbonyl (C=O) groups excluding carboxylic acids is 2. The quantitative estimate of drug-likeness (QED) is 0.185. The van der Waals surface area contributed by atoms with Crippen molar-refractivity contribution in [3.8, 4) is 0 Å². The van der Waals surface area contributed by atoms with Crippen LogP contribution in [0.1, 0.15) is 55.6 Å². The first-order valence-electron chi connectivity index (χ1n) is 12.0. The summed E-state index contributed by atoms with van der Waals surface area (Å²) in [5, 5.41) is 0. The molecule has 5 nitrogen and oxygen atoms in total. The molecule has 0 radical (unpaired) electrons. The van der Waals surface area contributed by atoms with Crippen molar-refractivity contribution in [2.24, 2.45) is 0 Å². The first-order valence-corrected chi connectivity index (χ1v) is 13.2. The second kappa shape index (κ2) is 10.3. The lowest BCUT2D eigenvalue weighted by Gasteiger charge is -2.27. The maximum Gasteiger partial charge on any atom is 0.293 e. The molecule has 176 valence electrons. The minimum atomic E-state index is -0.00991. The summed E-state index contributed by atoms with van der Waals surface area (Å²) in [6.45, 7) is 1.49. The molecule has 34 heavy (non-hydrogen) atoms. The summed E-state index contributed by atoms with van der Waals surface area (Å²) < 4.78 is 5.34. The van der Waals surface area contributed by atoms with E-state index in [9.17, 15) is 9.59 Å². The third-order valence-corrected chi connectivity index (χ3v) is 8.32. The number of para-hydroxylation sites is 1. The first kappa shape index (κ1) is 23.1. The zero-order chi connectivity index (χ0) is 23.5. The van der Waals surface area contributed by atoms with E-state index < -0.39 is 0 Å². The molecule has 2 unspecified atom stereocenters. The highest BCUT2D eigenvalue weighted by Gasteiger charge is 2.42. The number of amides is 1. The van der Waals surface area contributed by atoms with E-state index in [0.29, 0.717) is 40.8 Å². The van der Waals surface area contributed by atoms with Crippen LogP contribution in [0.4, 0.5) is 11.4 Å². The molecule has 5 rings (SSSR count). The molecule has 3 aliphatic rings. The average Bonchev–Trinajstić information content (AvgIpc) is 3.51. The van der Waals surface area contributed by atoms with Crippen LogP contribution in [0.3, 0.4) is 0 Å². The molecule has 0 N–H and O–H groups in total. The van der Waals surface area contributed by atoms with Gasteiger partial charge in [0.2, 0.25) is 0 Å². The van der Waals surface area contributed by atoms with Gasteiger partial charge in [-0.05, 0) is 73.6 Å². The molecule has 1 amide bonds. The summed E-state index contributed by atoms with van der Waals surface area (Å²) in [5.41, 5.74) is 5.01. The van der Waals surface area contributed by atoms with Crippen molar-refractivity contribution >= 4 is 58.1 Å². The fraction of sp³-hybridized carbons (Fsp3) is 0.370. The highest BCUT2D eigenvalue weighted by molar-refractivity contribution is 8.26. The van der Waals surface area contributed by atoms with Crippen molar-refractivity contribution in [3.63, 3.8) is 0 Å². The van der Waals surface area contributed by atoms with Crippen molar-refractivity contribution < 1.29 is 14.3 Å². The van der Waals surface area contributed by atoms with Gasteiger partial charge in [0.25, 0.3) is 12.4 Å². The molecule has 0 aromatic heterocycles. The van der Waals surface area contributed by atoms with Gasteiger partial charge in [-0.1, -0.05) is 54.7 Å². The van der Waals surface area contributed by atoms with E-state index in [-0.39, 0.29) is 5.91 Å². The SMILES string of the molecule is O=COCCCCCN1C(=O)/C(=C\c2ccc3c(c2)C2CCCC2N3c2ccccc2)SC1=S. The number of unbranched alkanes of at least 4 members (excludes halogenated alkanes) is 2. The molecule has 2 aromatic carbocycles. The van der Waals surface area contributed by atoms with Crippen LogP contribution in [0.25, 0.3) is 6.08 Å². The number of ether oxygens (including phenoxy) is 1. The van der Waals surface area contributed by atoms with Gasteiger partial charge in [-0.15, -0.1) is 0 Å². The molecule has 0 spiro atoms. The predicted molar refractivity (Wildman–Crippen MR) is 141 cm³/mol. The lowest BCUT2D eigenvalue weighted by atomic mass is 9.96. The Morgan fingerprint density at radius 1 is 1.09 bits per heavy atom. The van der Waals surface area contributed by atoms with E-state index in [4.69, 9.17) is 17.0 Å². The van der Waals surface area contributed by atoms with E-state index in [1.165, 1.54) is 48.0 Å². The van der Waals surface area contributed by atoms with Crippen molar-refractivity contribution in [1.82, 2.24) is 4.90 Å². The van der Waals surface area contributed by atoms with Crippen LogP contribution in [-0.4, -0.2) is 40.8 Å². The molecule has 1 aliphatic carbocycles. The summed E-state index contributed by atoms with van der Waals surface area (Å²) in [4.78, 5) is 28.1. The van der Waals surface area contributed by atoms with Gasteiger partial charge in [-0.3, -0.25) is 14.5 Å². The average molecular weight is 493 g/mol. The smallest absolute Gasteiger partial charge is 0.293 e. The monoisotopic (exact) mass is 492 g/mol. The van der Waals surface area contributed by atoms with Gasteiger partial charge in [0.15, 0.2) is 0 Å². The Bertz CT molecular complexity index is 1120. The van der Waals surface area contributed by atoms with E-state index in [1.807, 2.05) is 6.08 Å². The zero-order valence-electron chi connectivity index (χ0n) is 19.0. The van der Waals surface area contributed by atoms with Gasteiger partial charge in [0, 0.05) is 29.9 Å². The Kier molecular flexibility index (Phi) is 7.02. The van der Waals surface area contributed by atoms with Crippen LogP contribution >= 0.6 is 24.0 Å². The second-order valence-corrected chi connectivity index (χ2v) is 10.7. The maximum atomic E-state index is 13.0. The van der Waals surface area contributed by atoms with Gasteiger partial charge in [0.1, 0.15) is 4.32 Å². The topological polar surface area (TPSA) is 49.9 Å². The molecule has 2 heterocycles. The van der Waals surface area contributed by atoms with E-state index in [1.54, 1.807) is 4.90 Å². The highest BCUT2D eigenvalue weighted by Crippen LogP contribution is 2.52. The summed E-state index contributed by atoms with van der Waals surface area (Å²) in [7, 11) is 0. The number of hydrogen-bond acceptors (Lipinski definition) is 6. The number of fused-ring (bicyclic) bond motifs is 3. The van der Waals surface area contributed by atoms with Crippen molar-refractivity contribution in [2.45, 2.75) is 50.5 Å². The molecule has 2 aromatic rings. The standard InChI is InChI=1S/C27H28N2O3S2/c30-18-32-15-6-2-5-14-28-26(31)25(34-27(28)33)17-19-12-13-24-22(16-19)21-10-7-11-23(21)29(24)20-8-3-1-4-9-20/h1,3-4,8-9,12-13,16-18,21,23H,2,5-7,10-11,14-15H2/b25-17+. The Morgan fingerprint density at radius 3 is 2.76 bits per heavy atom. The Morgan fingerprint density at radius 2 is 1.94 bits per heavy atom. The van der Waals surface area contributed by atoms with Crippen LogP contribution in [0.15, 0.2) is 53.4 Å². The van der Waals surface area contributed by atoms with Gasteiger partial charge < -0.3 is 9.64 Å². The highest BCUT2D eigenvalue weighted by atomic mass is 32.2. The van der Waals surface area contributed by atoms with Crippen molar-refractivity contribution in [3.05, 3.63) is 64.6 Å². The number of nitrogens with zero attached hydrogens (tertiary/aromatic N) is 2. The van der Waals surface area contributed by atoms with E-state index >= 15 is 0 Å². The zero-order valence-corrected chi connectivity index (χ0v) is 20.7. The predicted octanol–water partition coefficient (Wildman–Crippen LogP) is 6.02. The molecule has 1 saturated carbocycles. The normalized spacial score (nSPS) is 22.4. The molecular weight excluding hydrogens is 464 g/mol. The van der Waals surface area contributed by atoms with Gasteiger partial charge in [-0.2, -0.15) is 0 Å². The van der Waals surface area contributed by atoms with Crippen LogP contribution in [0, 0.1) is 0 Å². The minimum Gasteiger partial charge on any atom is -0.468 e. The van der Waals surface area contributed by atoms with Crippen LogP contribution < -0.4 is 4.90 Å². The molecule has 7 heteroatoms. The summed E-state index contributed by atoms with van der Waals surface area (Å²) in [6.07, 6.45) is 8.18. The summed E-state index contributed by atoms with van der Waals surface area (Å²) in [6, 6.07) is 17.8. The molecular formula is C27H28N2O3S2. The van der Waals surface area contributed by atoms with E-state index in [0.717, 1.165) is 24.8 Å².